The van der Waals surface area contributed by atoms with Gasteiger partial charge in [0.1, 0.15) is 18.4 Å². The quantitative estimate of drug-likeness (QED) is 0.566. The van der Waals surface area contributed by atoms with Crippen LogP contribution in [0.4, 0.5) is 5.69 Å². The van der Waals surface area contributed by atoms with Crippen molar-refractivity contribution in [3.05, 3.63) is 58.9 Å². The third-order valence-electron chi connectivity index (χ3n) is 5.42. The molecule has 2 heterocycles. The number of carbonyl (C=O) groups is 2. The number of benzene rings is 1. The Hall–Kier alpha value is -2.95. The van der Waals surface area contributed by atoms with Crippen molar-refractivity contribution in [3.63, 3.8) is 0 Å². The number of hydrogen-bond donors (Lipinski definition) is 1. The zero-order valence-corrected chi connectivity index (χ0v) is 18.5. The number of hydrogen-bond acceptors (Lipinski definition) is 6. The van der Waals surface area contributed by atoms with Gasteiger partial charge < -0.3 is 9.90 Å². The smallest absolute Gasteiger partial charge is 0.251 e. The summed E-state index contributed by atoms with van der Waals surface area (Å²) in [7, 11) is 0. The maximum Gasteiger partial charge on any atom is 0.251 e. The number of aliphatic hydroxyl groups is 1. The predicted octanol–water partition coefficient (Wildman–Crippen LogP) is 3.22. The lowest BCUT2D eigenvalue weighted by Crippen LogP contribution is -2.46. The molecule has 162 valence electrons. The molecule has 1 aromatic heterocycles. The summed E-state index contributed by atoms with van der Waals surface area (Å²) in [6.45, 7) is 6.33. The van der Waals surface area contributed by atoms with Crippen LogP contribution in [0, 0.1) is 11.5 Å². The largest absolute Gasteiger partial charge is 0.391 e. The Morgan fingerprint density at radius 1 is 1.35 bits per heavy atom. The molecule has 7 nitrogen and oxygen atoms in total. The van der Waals surface area contributed by atoms with E-state index in [9.17, 15) is 20.0 Å². The number of aliphatic hydroxyl groups excluding tert-OH is 1. The number of halogens is 1. The highest BCUT2D eigenvalue weighted by atomic mass is 35.5. The first-order valence-electron chi connectivity index (χ1n) is 9.99. The summed E-state index contributed by atoms with van der Waals surface area (Å²) in [6.07, 6.45) is 4.88. The second kappa shape index (κ2) is 9.04. The van der Waals surface area contributed by atoms with Crippen molar-refractivity contribution >= 4 is 29.5 Å². The Balaban J connectivity index is 2.08. The molecular weight excluding hydrogens is 416 g/mol. The average Bonchev–Trinajstić information content (AvgIpc) is 3.11. The summed E-state index contributed by atoms with van der Waals surface area (Å²) in [4.78, 5) is 32.5. The van der Waals surface area contributed by atoms with Gasteiger partial charge in [0.15, 0.2) is 6.19 Å². The number of aromatic nitrogens is 1. The highest BCUT2D eigenvalue weighted by Crippen LogP contribution is 2.32. The van der Waals surface area contributed by atoms with Crippen LogP contribution >= 0.6 is 11.6 Å². The van der Waals surface area contributed by atoms with Crippen molar-refractivity contribution in [2.45, 2.75) is 50.8 Å². The summed E-state index contributed by atoms with van der Waals surface area (Å²) in [5.41, 5.74) is 1.96. The summed E-state index contributed by atoms with van der Waals surface area (Å²) < 4.78 is 0. The first kappa shape index (κ1) is 22.7. The molecule has 0 aliphatic carbocycles. The summed E-state index contributed by atoms with van der Waals surface area (Å²) >= 11 is 6.07. The van der Waals surface area contributed by atoms with Gasteiger partial charge in [0, 0.05) is 30.1 Å². The topological polar surface area (TPSA) is 97.5 Å². The third-order valence-corrected chi connectivity index (χ3v) is 5.62. The lowest BCUT2D eigenvalue weighted by molar-refractivity contribution is -0.124. The van der Waals surface area contributed by atoms with Crippen LogP contribution in [0.25, 0.3) is 0 Å². The molecule has 1 fully saturated rings. The standard InChI is InChI=1S/C23H25ClN4O3/c1-23(2,3)16-4-6-18(7-5-16)28(21(13-29)15-8-17(24)11-26-10-15)22(31)20-9-19(30)12-27(20)14-25/h4-8,10-11,13,19-21,30H,9,12H2,1-3H3. The van der Waals surface area contributed by atoms with E-state index < -0.39 is 24.1 Å². The van der Waals surface area contributed by atoms with Crippen molar-refractivity contribution < 1.29 is 14.7 Å². The van der Waals surface area contributed by atoms with Gasteiger partial charge in [0.05, 0.1) is 17.7 Å². The average molecular weight is 441 g/mol. The highest BCUT2D eigenvalue weighted by Gasteiger charge is 2.41. The molecule has 1 aromatic carbocycles. The van der Waals surface area contributed by atoms with Gasteiger partial charge in [0.2, 0.25) is 0 Å². The van der Waals surface area contributed by atoms with Gasteiger partial charge in [-0.1, -0.05) is 44.5 Å². The normalized spacial score (nSPS) is 19.5. The molecule has 2 aromatic rings. The second-order valence-electron chi connectivity index (χ2n) is 8.68. The molecule has 1 saturated heterocycles. The Morgan fingerprint density at radius 2 is 2.03 bits per heavy atom. The Labute approximate surface area is 186 Å². The highest BCUT2D eigenvalue weighted by molar-refractivity contribution is 6.30. The molecule has 1 amide bonds. The van der Waals surface area contributed by atoms with Gasteiger partial charge in [-0.2, -0.15) is 5.26 Å². The Morgan fingerprint density at radius 3 is 2.58 bits per heavy atom. The number of nitrogens with zero attached hydrogens (tertiary/aromatic N) is 4. The van der Waals surface area contributed by atoms with Crippen LogP contribution in [-0.2, 0) is 15.0 Å². The van der Waals surface area contributed by atoms with E-state index in [0.717, 1.165) is 5.56 Å². The van der Waals surface area contributed by atoms with E-state index in [1.54, 1.807) is 18.2 Å². The number of β-amino-alcohol motifs (C(OH)–C–C–N with tert-alkyl or cyclic N) is 1. The number of likely N-dealkylation sites (tertiary alicyclic amines) is 1. The van der Waals surface area contributed by atoms with Crippen molar-refractivity contribution in [1.82, 2.24) is 9.88 Å². The first-order valence-corrected chi connectivity index (χ1v) is 10.4. The van der Waals surface area contributed by atoms with E-state index >= 15 is 0 Å². The van der Waals surface area contributed by atoms with Crippen molar-refractivity contribution in [1.29, 1.82) is 5.26 Å². The Bertz CT molecular complexity index is 997. The molecule has 0 radical (unpaired) electrons. The molecular formula is C23H25ClN4O3. The molecule has 1 N–H and O–H groups in total. The predicted molar refractivity (Wildman–Crippen MR) is 117 cm³/mol. The minimum atomic E-state index is -0.988. The summed E-state index contributed by atoms with van der Waals surface area (Å²) in [5.74, 6) is -0.446. The van der Waals surface area contributed by atoms with Crippen LogP contribution in [0.5, 0.6) is 0 Å². The monoisotopic (exact) mass is 440 g/mol. The minimum absolute atomic E-state index is 0.0776. The fourth-order valence-electron chi connectivity index (χ4n) is 3.74. The molecule has 8 heteroatoms. The lowest BCUT2D eigenvalue weighted by atomic mass is 9.87. The molecule has 0 saturated carbocycles. The van der Waals surface area contributed by atoms with Gasteiger partial charge in [-0.05, 0) is 29.2 Å². The molecule has 0 bridgehead atoms. The zero-order chi connectivity index (χ0) is 22.8. The second-order valence-corrected chi connectivity index (χ2v) is 9.12. The molecule has 3 unspecified atom stereocenters. The van der Waals surface area contributed by atoms with E-state index in [0.29, 0.717) is 22.6 Å². The van der Waals surface area contributed by atoms with Gasteiger partial charge in [-0.3, -0.25) is 19.6 Å². The van der Waals surface area contributed by atoms with E-state index in [2.05, 4.69) is 25.8 Å². The van der Waals surface area contributed by atoms with Gasteiger partial charge in [0.25, 0.3) is 5.91 Å². The van der Waals surface area contributed by atoms with Gasteiger partial charge >= 0.3 is 0 Å². The summed E-state index contributed by atoms with van der Waals surface area (Å²) in [5, 5.41) is 19.8. The molecule has 1 aliphatic heterocycles. The number of rotatable bonds is 5. The van der Waals surface area contributed by atoms with E-state index in [1.165, 1.54) is 22.2 Å². The van der Waals surface area contributed by atoms with Gasteiger partial charge in [-0.15, -0.1) is 0 Å². The van der Waals surface area contributed by atoms with Crippen molar-refractivity contribution in [3.8, 4) is 6.19 Å². The fraction of sp³-hybridized carbons (Fsp3) is 0.391. The van der Waals surface area contributed by atoms with Crippen molar-refractivity contribution in [2.75, 3.05) is 11.4 Å². The van der Waals surface area contributed by atoms with Gasteiger partial charge in [-0.25, -0.2) is 0 Å². The molecule has 3 rings (SSSR count). The van der Waals surface area contributed by atoms with Crippen LogP contribution < -0.4 is 4.90 Å². The van der Waals surface area contributed by atoms with Crippen molar-refractivity contribution in [2.24, 2.45) is 0 Å². The first-order chi connectivity index (χ1) is 14.7. The van der Waals surface area contributed by atoms with E-state index in [1.807, 2.05) is 18.3 Å². The van der Waals surface area contributed by atoms with E-state index in [-0.39, 0.29) is 18.4 Å². The number of aldehydes is 1. The SMILES string of the molecule is CC(C)(C)c1ccc(N(C(=O)C2CC(O)CN2C#N)C(C=O)c2cncc(Cl)c2)cc1. The number of amides is 1. The van der Waals surface area contributed by atoms with E-state index in [4.69, 9.17) is 11.6 Å². The number of anilines is 1. The number of carbonyl (C=O) groups excluding carboxylic acids is 2. The molecule has 31 heavy (non-hydrogen) atoms. The molecule has 1 aliphatic rings. The maximum atomic E-state index is 13.6. The van der Waals surface area contributed by atoms with Crippen LogP contribution in [-0.4, -0.2) is 45.9 Å². The third kappa shape index (κ3) is 4.87. The maximum absolute atomic E-state index is 13.6. The number of nitriles is 1. The van der Waals surface area contributed by atoms with Crippen LogP contribution in [0.15, 0.2) is 42.7 Å². The Kier molecular flexibility index (Phi) is 6.63. The zero-order valence-electron chi connectivity index (χ0n) is 17.7. The summed E-state index contributed by atoms with van der Waals surface area (Å²) in [6, 6.07) is 7.14. The van der Waals surface area contributed by atoms with Crippen LogP contribution in [0.2, 0.25) is 5.02 Å². The van der Waals surface area contributed by atoms with Crippen LogP contribution in [0.3, 0.4) is 0 Å². The number of pyridine rings is 1. The molecule has 0 spiro atoms. The fourth-order valence-corrected chi connectivity index (χ4v) is 3.93. The minimum Gasteiger partial charge on any atom is -0.391 e. The lowest BCUT2D eigenvalue weighted by Gasteiger charge is -2.32. The molecule has 3 atom stereocenters. The van der Waals surface area contributed by atoms with Crippen LogP contribution in [0.1, 0.15) is 44.4 Å².